The van der Waals surface area contributed by atoms with Crippen LogP contribution in [0.4, 0.5) is 4.39 Å². The molecule has 2 atom stereocenters. The fraction of sp³-hybridized carbons (Fsp3) is 0.261. The van der Waals surface area contributed by atoms with Gasteiger partial charge in [-0.2, -0.15) is 0 Å². The van der Waals surface area contributed by atoms with E-state index in [1.807, 2.05) is 37.3 Å². The number of benzene rings is 2. The predicted molar refractivity (Wildman–Crippen MR) is 114 cm³/mol. The lowest BCUT2D eigenvalue weighted by molar-refractivity contribution is -0.141. The van der Waals surface area contributed by atoms with Gasteiger partial charge in [-0.3, -0.25) is 9.69 Å². The number of carbonyl (C=O) groups is 2. The van der Waals surface area contributed by atoms with Gasteiger partial charge in [-0.15, -0.1) is 0 Å². The normalized spacial score (nSPS) is 20.8. The van der Waals surface area contributed by atoms with E-state index in [2.05, 4.69) is 4.99 Å². The van der Waals surface area contributed by atoms with Gasteiger partial charge in [0.05, 0.1) is 16.5 Å². The van der Waals surface area contributed by atoms with Crippen LogP contribution in [0, 0.1) is 5.82 Å². The van der Waals surface area contributed by atoms with E-state index in [9.17, 15) is 14.0 Å². The molecule has 30 heavy (non-hydrogen) atoms. The largest absolute Gasteiger partial charge is 0.457 e. The summed E-state index contributed by atoms with van der Waals surface area (Å²) >= 11 is 1.35. The molecule has 2 aromatic carbocycles. The van der Waals surface area contributed by atoms with E-state index in [1.165, 1.54) is 22.7 Å². The Morgan fingerprint density at radius 3 is 2.57 bits per heavy atom. The van der Waals surface area contributed by atoms with E-state index in [0.29, 0.717) is 17.3 Å². The number of carbonyl (C=O) groups excluding carboxylic acids is 2. The molecule has 2 aliphatic heterocycles. The molecule has 0 bridgehead atoms. The quantitative estimate of drug-likeness (QED) is 0.658. The highest BCUT2D eigenvalue weighted by Gasteiger charge is 2.47. The van der Waals surface area contributed by atoms with Crippen LogP contribution in [0.5, 0.6) is 0 Å². The zero-order valence-corrected chi connectivity index (χ0v) is 17.5. The number of thioether (sulfide) groups is 1. The van der Waals surface area contributed by atoms with Gasteiger partial charge in [0.2, 0.25) is 5.91 Å². The number of fused-ring (bicyclic) bond motifs is 1. The van der Waals surface area contributed by atoms with Crippen LogP contribution in [0.2, 0.25) is 0 Å². The molecule has 1 amide bonds. The Balaban J connectivity index is 1.73. The van der Waals surface area contributed by atoms with Crippen molar-refractivity contribution in [3.05, 3.63) is 82.8 Å². The van der Waals surface area contributed by atoms with Gasteiger partial charge in [0.25, 0.3) is 0 Å². The lowest BCUT2D eigenvalue weighted by atomic mass is 9.93. The number of hydrogen-bond acceptors (Lipinski definition) is 5. The zero-order chi connectivity index (χ0) is 21.3. The fourth-order valence-electron chi connectivity index (χ4n) is 3.64. The molecule has 0 aromatic heterocycles. The SMILES string of the molecule is CC[C@H]1SC2=NC(C)=C(C(=O)OCc3ccccc3)[C@@H](c3ccccc3F)N2C1=O. The summed E-state index contributed by atoms with van der Waals surface area (Å²) in [5.41, 5.74) is 1.71. The second-order valence-electron chi connectivity index (χ2n) is 7.10. The Bertz CT molecular complexity index is 1050. The summed E-state index contributed by atoms with van der Waals surface area (Å²) in [6, 6.07) is 14.6. The lowest BCUT2D eigenvalue weighted by Gasteiger charge is -2.33. The van der Waals surface area contributed by atoms with Gasteiger partial charge >= 0.3 is 5.97 Å². The van der Waals surface area contributed by atoms with Gasteiger partial charge in [-0.05, 0) is 25.0 Å². The second-order valence-corrected chi connectivity index (χ2v) is 8.27. The molecule has 0 aliphatic carbocycles. The maximum absolute atomic E-state index is 14.8. The number of ether oxygens (including phenoxy) is 1. The van der Waals surface area contributed by atoms with Crippen LogP contribution < -0.4 is 0 Å². The molecule has 4 rings (SSSR count). The van der Waals surface area contributed by atoms with Crippen molar-refractivity contribution >= 4 is 28.8 Å². The molecule has 2 aromatic rings. The van der Waals surface area contributed by atoms with Crippen LogP contribution in [0.1, 0.15) is 37.4 Å². The van der Waals surface area contributed by atoms with Crippen molar-refractivity contribution in [2.24, 2.45) is 4.99 Å². The standard InChI is InChI=1S/C23H21FN2O3S/c1-3-18-21(27)26-20(16-11-7-8-12-17(16)24)19(14(2)25-23(26)30-18)22(28)29-13-15-9-5-4-6-10-15/h4-12,18,20H,3,13H2,1-2H3/t18-,20-/m1/s1. The molecule has 5 nitrogen and oxygen atoms in total. The van der Waals surface area contributed by atoms with Crippen molar-refractivity contribution < 1.29 is 18.7 Å². The minimum atomic E-state index is -0.904. The third-order valence-electron chi connectivity index (χ3n) is 5.15. The Morgan fingerprint density at radius 2 is 1.87 bits per heavy atom. The minimum Gasteiger partial charge on any atom is -0.457 e. The Labute approximate surface area is 178 Å². The molecule has 0 spiro atoms. The number of aliphatic imine (C=N–C) groups is 1. The zero-order valence-electron chi connectivity index (χ0n) is 16.7. The summed E-state index contributed by atoms with van der Waals surface area (Å²) in [6.45, 7) is 3.70. The molecule has 2 aliphatic rings. The van der Waals surface area contributed by atoms with Crippen LogP contribution in [0.25, 0.3) is 0 Å². The summed E-state index contributed by atoms with van der Waals surface area (Å²) in [6.07, 6.45) is 0.621. The highest BCUT2D eigenvalue weighted by atomic mass is 32.2. The molecule has 0 radical (unpaired) electrons. The number of esters is 1. The van der Waals surface area contributed by atoms with Gasteiger partial charge in [0.1, 0.15) is 18.5 Å². The number of rotatable bonds is 5. The first-order chi connectivity index (χ1) is 14.5. The van der Waals surface area contributed by atoms with E-state index in [4.69, 9.17) is 4.74 Å². The number of allylic oxidation sites excluding steroid dienone is 1. The molecule has 1 saturated heterocycles. The minimum absolute atomic E-state index is 0.0807. The number of amidine groups is 1. The Hall–Kier alpha value is -2.93. The number of amides is 1. The molecular weight excluding hydrogens is 403 g/mol. The number of nitrogens with zero attached hydrogens (tertiary/aromatic N) is 2. The molecule has 7 heteroatoms. The Kier molecular flexibility index (Phi) is 5.72. The summed E-state index contributed by atoms with van der Waals surface area (Å²) in [5.74, 6) is -1.26. The van der Waals surface area contributed by atoms with Crippen molar-refractivity contribution in [1.29, 1.82) is 0 Å². The summed E-state index contributed by atoms with van der Waals surface area (Å²) < 4.78 is 20.3. The average molecular weight is 424 g/mol. The van der Waals surface area contributed by atoms with Gasteiger partial charge < -0.3 is 4.74 Å². The first-order valence-electron chi connectivity index (χ1n) is 9.76. The van der Waals surface area contributed by atoms with Crippen LogP contribution in [-0.2, 0) is 20.9 Å². The summed E-state index contributed by atoms with van der Waals surface area (Å²) in [4.78, 5) is 32.1. The van der Waals surface area contributed by atoms with Crippen molar-refractivity contribution in [2.75, 3.05) is 0 Å². The van der Waals surface area contributed by atoms with Crippen LogP contribution in [0.15, 0.2) is 70.9 Å². The molecule has 2 heterocycles. The molecular formula is C23H21FN2O3S. The van der Waals surface area contributed by atoms with E-state index < -0.39 is 17.8 Å². The maximum Gasteiger partial charge on any atom is 0.338 e. The van der Waals surface area contributed by atoms with Crippen molar-refractivity contribution in [3.63, 3.8) is 0 Å². The van der Waals surface area contributed by atoms with E-state index in [-0.39, 0.29) is 28.9 Å². The first kappa shape index (κ1) is 20.3. The molecule has 154 valence electrons. The topological polar surface area (TPSA) is 59.0 Å². The average Bonchev–Trinajstić information content (AvgIpc) is 3.07. The Morgan fingerprint density at radius 1 is 1.17 bits per heavy atom. The third kappa shape index (κ3) is 3.65. The van der Waals surface area contributed by atoms with Crippen LogP contribution in [0.3, 0.4) is 0 Å². The fourth-order valence-corrected chi connectivity index (χ4v) is 4.78. The lowest BCUT2D eigenvalue weighted by Crippen LogP contribution is -2.41. The third-order valence-corrected chi connectivity index (χ3v) is 6.47. The van der Waals surface area contributed by atoms with E-state index >= 15 is 0 Å². The van der Waals surface area contributed by atoms with Crippen molar-refractivity contribution in [2.45, 2.75) is 38.2 Å². The predicted octanol–water partition coefficient (Wildman–Crippen LogP) is 4.61. The van der Waals surface area contributed by atoms with Gasteiger partial charge in [0, 0.05) is 5.56 Å². The number of halogens is 1. The maximum atomic E-state index is 14.8. The summed E-state index contributed by atoms with van der Waals surface area (Å²) in [5, 5.41) is 0.197. The molecule has 1 fully saturated rings. The van der Waals surface area contributed by atoms with Crippen molar-refractivity contribution in [3.8, 4) is 0 Å². The van der Waals surface area contributed by atoms with Gasteiger partial charge in [-0.25, -0.2) is 14.2 Å². The first-order valence-corrected chi connectivity index (χ1v) is 10.6. The molecule has 0 N–H and O–H groups in total. The van der Waals surface area contributed by atoms with Gasteiger partial charge in [-0.1, -0.05) is 67.2 Å². The van der Waals surface area contributed by atoms with E-state index in [1.54, 1.807) is 25.1 Å². The molecule has 0 unspecified atom stereocenters. The van der Waals surface area contributed by atoms with Crippen molar-refractivity contribution in [1.82, 2.24) is 4.90 Å². The van der Waals surface area contributed by atoms with Crippen LogP contribution >= 0.6 is 11.8 Å². The highest BCUT2D eigenvalue weighted by Crippen LogP contribution is 2.44. The van der Waals surface area contributed by atoms with Crippen LogP contribution in [-0.4, -0.2) is 27.2 Å². The molecule has 0 saturated carbocycles. The second kappa shape index (κ2) is 8.44. The summed E-state index contributed by atoms with van der Waals surface area (Å²) in [7, 11) is 0. The van der Waals surface area contributed by atoms with E-state index in [0.717, 1.165) is 5.56 Å². The smallest absolute Gasteiger partial charge is 0.338 e. The monoisotopic (exact) mass is 424 g/mol. The van der Waals surface area contributed by atoms with Gasteiger partial charge in [0.15, 0.2) is 5.17 Å². The highest BCUT2D eigenvalue weighted by molar-refractivity contribution is 8.15. The number of hydrogen-bond donors (Lipinski definition) is 0.